The van der Waals surface area contributed by atoms with Crippen LogP contribution in [0.25, 0.3) is 0 Å². The minimum Gasteiger partial charge on any atom is -0.377 e. The van der Waals surface area contributed by atoms with Crippen LogP contribution >= 0.6 is 0 Å². The number of nitro benzene ring substituents is 1. The van der Waals surface area contributed by atoms with Crippen molar-refractivity contribution in [3.63, 3.8) is 0 Å². The van der Waals surface area contributed by atoms with Crippen LogP contribution in [-0.4, -0.2) is 11.5 Å². The predicted molar refractivity (Wildman–Crippen MR) is 53.0 cm³/mol. The van der Waals surface area contributed by atoms with E-state index in [9.17, 15) is 14.5 Å². The molecule has 0 amide bonds. The Morgan fingerprint density at radius 1 is 1.53 bits per heavy atom. The van der Waals surface area contributed by atoms with Gasteiger partial charge < -0.3 is 4.74 Å². The average Bonchev–Trinajstić information content (AvgIpc) is 2.17. The van der Waals surface area contributed by atoms with Gasteiger partial charge in [0.1, 0.15) is 0 Å². The van der Waals surface area contributed by atoms with Crippen molar-refractivity contribution in [1.29, 1.82) is 0 Å². The van der Waals surface area contributed by atoms with E-state index in [1.807, 2.05) is 6.92 Å². The van der Waals surface area contributed by atoms with Gasteiger partial charge in [-0.05, 0) is 24.1 Å². The van der Waals surface area contributed by atoms with Crippen molar-refractivity contribution in [3.05, 3.63) is 39.7 Å². The van der Waals surface area contributed by atoms with E-state index < -0.39 is 16.4 Å². The number of benzene rings is 1. The minimum absolute atomic E-state index is 0.281. The van der Waals surface area contributed by atoms with Crippen molar-refractivity contribution in [2.24, 2.45) is 0 Å². The molecule has 82 valence electrons. The Bertz CT molecular complexity index is 355. The number of ether oxygens (including phenoxy) is 1. The molecule has 0 spiro atoms. The van der Waals surface area contributed by atoms with Crippen molar-refractivity contribution < 1.29 is 14.1 Å². The zero-order valence-electron chi connectivity index (χ0n) is 8.40. The number of rotatable bonds is 5. The van der Waals surface area contributed by atoms with Crippen molar-refractivity contribution in [3.8, 4) is 0 Å². The van der Waals surface area contributed by atoms with Gasteiger partial charge in [0.2, 0.25) is 5.82 Å². The maximum absolute atomic E-state index is 13.1. The Kier molecular flexibility index (Phi) is 4.17. The molecule has 0 atom stereocenters. The lowest BCUT2D eigenvalue weighted by Crippen LogP contribution is -1.97. The Morgan fingerprint density at radius 3 is 2.80 bits per heavy atom. The standard InChI is InChI=1S/C10H12FNO3/c1-2-5-15-7-8-3-4-10(12(13)14)9(11)6-8/h3-4,6H,2,5,7H2,1H3. The van der Waals surface area contributed by atoms with Gasteiger partial charge in [-0.3, -0.25) is 10.1 Å². The van der Waals surface area contributed by atoms with Crippen LogP contribution in [0.2, 0.25) is 0 Å². The highest BCUT2D eigenvalue weighted by Crippen LogP contribution is 2.18. The summed E-state index contributed by atoms with van der Waals surface area (Å²) < 4.78 is 18.3. The van der Waals surface area contributed by atoms with Crippen LogP contribution in [0.3, 0.4) is 0 Å². The number of nitro groups is 1. The molecule has 0 aliphatic rings. The molecule has 0 fully saturated rings. The zero-order valence-corrected chi connectivity index (χ0v) is 8.40. The van der Waals surface area contributed by atoms with Crippen molar-refractivity contribution in [2.75, 3.05) is 6.61 Å². The van der Waals surface area contributed by atoms with Crippen LogP contribution in [0.1, 0.15) is 18.9 Å². The second kappa shape index (κ2) is 5.41. The fourth-order valence-electron chi connectivity index (χ4n) is 1.12. The van der Waals surface area contributed by atoms with E-state index in [4.69, 9.17) is 4.74 Å². The van der Waals surface area contributed by atoms with Crippen LogP contribution in [0.4, 0.5) is 10.1 Å². The van der Waals surface area contributed by atoms with Gasteiger partial charge in [-0.2, -0.15) is 4.39 Å². The summed E-state index contributed by atoms with van der Waals surface area (Å²) in [5.74, 6) is -0.822. The van der Waals surface area contributed by atoms with E-state index in [0.29, 0.717) is 12.2 Å². The Balaban J connectivity index is 2.69. The molecule has 0 N–H and O–H groups in total. The molecule has 1 aromatic rings. The van der Waals surface area contributed by atoms with E-state index in [2.05, 4.69) is 0 Å². The summed E-state index contributed by atoms with van der Waals surface area (Å²) >= 11 is 0. The molecule has 1 rings (SSSR count). The van der Waals surface area contributed by atoms with Gasteiger partial charge in [0, 0.05) is 12.7 Å². The van der Waals surface area contributed by atoms with Gasteiger partial charge in [-0.1, -0.05) is 6.92 Å². The number of hydrogen-bond acceptors (Lipinski definition) is 3. The lowest BCUT2D eigenvalue weighted by molar-refractivity contribution is -0.387. The first-order valence-electron chi connectivity index (χ1n) is 4.65. The Labute approximate surface area is 86.8 Å². The predicted octanol–water partition coefficient (Wildman–Crippen LogP) is 2.66. The Morgan fingerprint density at radius 2 is 2.27 bits per heavy atom. The molecule has 5 heteroatoms. The number of nitrogens with zero attached hydrogens (tertiary/aromatic N) is 1. The molecule has 0 aromatic heterocycles. The minimum atomic E-state index is -0.822. The van der Waals surface area contributed by atoms with Gasteiger partial charge in [0.15, 0.2) is 0 Å². The molecule has 0 saturated carbocycles. The normalized spacial score (nSPS) is 10.3. The molecule has 4 nitrogen and oxygen atoms in total. The second-order valence-electron chi connectivity index (χ2n) is 3.10. The van der Waals surface area contributed by atoms with Gasteiger partial charge in [0.05, 0.1) is 11.5 Å². The summed E-state index contributed by atoms with van der Waals surface area (Å²) in [4.78, 5) is 9.58. The van der Waals surface area contributed by atoms with Crippen LogP contribution in [-0.2, 0) is 11.3 Å². The van der Waals surface area contributed by atoms with E-state index in [1.54, 1.807) is 0 Å². The molecule has 0 radical (unpaired) electrons. The highest BCUT2D eigenvalue weighted by Gasteiger charge is 2.13. The van der Waals surface area contributed by atoms with Crippen LogP contribution in [0.15, 0.2) is 18.2 Å². The zero-order chi connectivity index (χ0) is 11.3. The molecule has 0 unspecified atom stereocenters. The largest absolute Gasteiger partial charge is 0.377 e. The third-order valence-electron chi connectivity index (χ3n) is 1.83. The third-order valence-corrected chi connectivity index (χ3v) is 1.83. The molecule has 0 aliphatic carbocycles. The van der Waals surface area contributed by atoms with Gasteiger partial charge >= 0.3 is 5.69 Å². The van der Waals surface area contributed by atoms with Gasteiger partial charge in [0.25, 0.3) is 0 Å². The fraction of sp³-hybridized carbons (Fsp3) is 0.400. The van der Waals surface area contributed by atoms with Crippen molar-refractivity contribution in [1.82, 2.24) is 0 Å². The molecular formula is C10H12FNO3. The SMILES string of the molecule is CCCOCc1ccc([N+](=O)[O-])c(F)c1. The van der Waals surface area contributed by atoms with Crippen LogP contribution in [0.5, 0.6) is 0 Å². The van der Waals surface area contributed by atoms with Crippen molar-refractivity contribution >= 4 is 5.69 Å². The first-order chi connectivity index (χ1) is 7.15. The molecule has 0 bridgehead atoms. The lowest BCUT2D eigenvalue weighted by atomic mass is 10.2. The molecule has 0 saturated heterocycles. The smallest absolute Gasteiger partial charge is 0.304 e. The summed E-state index contributed by atoms with van der Waals surface area (Å²) in [6, 6.07) is 3.78. The van der Waals surface area contributed by atoms with E-state index in [1.165, 1.54) is 6.07 Å². The van der Waals surface area contributed by atoms with Crippen LogP contribution < -0.4 is 0 Å². The monoisotopic (exact) mass is 213 g/mol. The molecular weight excluding hydrogens is 201 g/mol. The molecule has 15 heavy (non-hydrogen) atoms. The highest BCUT2D eigenvalue weighted by atomic mass is 19.1. The third kappa shape index (κ3) is 3.28. The summed E-state index contributed by atoms with van der Waals surface area (Å²) in [7, 11) is 0. The van der Waals surface area contributed by atoms with E-state index in [0.717, 1.165) is 18.6 Å². The maximum atomic E-state index is 13.1. The topological polar surface area (TPSA) is 52.4 Å². The van der Waals surface area contributed by atoms with Gasteiger partial charge in [-0.25, -0.2) is 0 Å². The summed E-state index contributed by atoms with van der Waals surface area (Å²) in [5, 5.41) is 10.3. The second-order valence-corrected chi connectivity index (χ2v) is 3.10. The lowest BCUT2D eigenvalue weighted by Gasteiger charge is -2.02. The van der Waals surface area contributed by atoms with Crippen LogP contribution in [0, 0.1) is 15.9 Å². The first-order valence-corrected chi connectivity index (χ1v) is 4.65. The Hall–Kier alpha value is -1.49. The van der Waals surface area contributed by atoms with Crippen molar-refractivity contribution in [2.45, 2.75) is 20.0 Å². The first kappa shape index (κ1) is 11.6. The molecule has 0 heterocycles. The van der Waals surface area contributed by atoms with E-state index >= 15 is 0 Å². The van der Waals surface area contributed by atoms with E-state index in [-0.39, 0.29) is 6.61 Å². The quantitative estimate of drug-likeness (QED) is 0.429. The molecule has 1 aromatic carbocycles. The number of halogens is 1. The fourth-order valence-corrected chi connectivity index (χ4v) is 1.12. The maximum Gasteiger partial charge on any atom is 0.304 e. The highest BCUT2D eigenvalue weighted by molar-refractivity contribution is 5.34. The van der Waals surface area contributed by atoms with Gasteiger partial charge in [-0.15, -0.1) is 0 Å². The summed E-state index contributed by atoms with van der Waals surface area (Å²) in [6.07, 6.45) is 0.884. The summed E-state index contributed by atoms with van der Waals surface area (Å²) in [5.41, 5.74) is 0.0980. The molecule has 0 aliphatic heterocycles. The summed E-state index contributed by atoms with van der Waals surface area (Å²) in [6.45, 7) is 2.85. The average molecular weight is 213 g/mol. The number of hydrogen-bond donors (Lipinski definition) is 0.